The molecule has 112 valence electrons. The third kappa shape index (κ3) is 4.15. The van der Waals surface area contributed by atoms with Gasteiger partial charge in [0.05, 0.1) is 11.8 Å². The molecular weight excluding hydrogens is 272 g/mol. The lowest BCUT2D eigenvalue weighted by Gasteiger charge is -2.10. The van der Waals surface area contributed by atoms with Crippen LogP contribution in [0.15, 0.2) is 18.3 Å². The summed E-state index contributed by atoms with van der Waals surface area (Å²) in [5, 5.41) is 6.98. The fourth-order valence-electron chi connectivity index (χ4n) is 1.47. The van der Waals surface area contributed by atoms with Crippen LogP contribution in [0.3, 0.4) is 0 Å². The fraction of sp³-hybridized carbons (Fsp3) is 0.429. The van der Waals surface area contributed by atoms with E-state index in [-0.39, 0.29) is 10.9 Å². The molecule has 0 fully saturated rings. The van der Waals surface area contributed by atoms with Gasteiger partial charge in [0.1, 0.15) is 11.3 Å². The summed E-state index contributed by atoms with van der Waals surface area (Å²) < 4.78 is 50.8. The number of alkyl halides is 3. The zero-order chi connectivity index (χ0) is 15.9. The van der Waals surface area contributed by atoms with E-state index in [1.807, 2.05) is 27.7 Å². The van der Waals surface area contributed by atoms with Crippen molar-refractivity contribution in [2.24, 2.45) is 0 Å². The Balaban J connectivity index is 0.000000829. The number of benzene rings is 1. The van der Waals surface area contributed by atoms with Crippen LogP contribution >= 0.6 is 0 Å². The molecule has 2 rings (SSSR count). The first-order valence-electron chi connectivity index (χ1n) is 6.38. The van der Waals surface area contributed by atoms with Gasteiger partial charge >= 0.3 is 6.18 Å². The van der Waals surface area contributed by atoms with Crippen molar-refractivity contribution in [3.63, 3.8) is 0 Å². The van der Waals surface area contributed by atoms with Crippen molar-refractivity contribution in [1.82, 2.24) is 10.2 Å². The Bertz CT molecular complexity index is 551. The second-order valence-corrected chi connectivity index (χ2v) is 3.37. The van der Waals surface area contributed by atoms with Gasteiger partial charge in [-0.3, -0.25) is 0 Å². The van der Waals surface area contributed by atoms with Crippen molar-refractivity contribution in [2.45, 2.75) is 40.8 Å². The van der Waals surface area contributed by atoms with E-state index in [1.54, 1.807) is 6.92 Å². The molecule has 0 atom stereocenters. The molecule has 0 saturated carbocycles. The molecular formula is C14H18F4N2. The number of nitrogens with zero attached hydrogens (tertiary/aromatic N) is 2. The molecule has 0 amide bonds. The smallest absolute Gasteiger partial charge is 0.207 e. The van der Waals surface area contributed by atoms with Gasteiger partial charge in [-0.05, 0) is 24.6 Å². The summed E-state index contributed by atoms with van der Waals surface area (Å²) in [5.41, 5.74) is -0.970. The first-order chi connectivity index (χ1) is 9.39. The molecule has 1 aromatic heterocycles. The molecule has 2 nitrogen and oxygen atoms in total. The van der Waals surface area contributed by atoms with E-state index >= 15 is 0 Å². The Morgan fingerprint density at radius 2 is 1.55 bits per heavy atom. The average molecular weight is 290 g/mol. The topological polar surface area (TPSA) is 25.8 Å². The van der Waals surface area contributed by atoms with Crippen LogP contribution in [-0.4, -0.2) is 10.2 Å². The normalized spacial score (nSPS) is 10.2. The van der Waals surface area contributed by atoms with Gasteiger partial charge in [0.2, 0.25) is 0 Å². The van der Waals surface area contributed by atoms with Crippen molar-refractivity contribution < 1.29 is 17.6 Å². The number of aromatic nitrogens is 2. The van der Waals surface area contributed by atoms with Crippen molar-refractivity contribution in [3.8, 4) is 0 Å². The zero-order valence-electron chi connectivity index (χ0n) is 12.1. The van der Waals surface area contributed by atoms with Gasteiger partial charge in [-0.2, -0.15) is 18.3 Å². The minimum Gasteiger partial charge on any atom is -0.207 e. The van der Waals surface area contributed by atoms with Gasteiger partial charge in [-0.15, -0.1) is 5.10 Å². The minimum atomic E-state index is -4.64. The van der Waals surface area contributed by atoms with E-state index in [2.05, 4.69) is 10.2 Å². The predicted octanol–water partition coefficient (Wildman–Crippen LogP) is 5.15. The van der Waals surface area contributed by atoms with Crippen LogP contribution < -0.4 is 0 Å². The highest BCUT2D eigenvalue weighted by atomic mass is 19.4. The van der Waals surface area contributed by atoms with E-state index in [0.29, 0.717) is 11.6 Å². The Kier molecular flexibility index (Phi) is 7.10. The average Bonchev–Trinajstić information content (AvgIpc) is 2.42. The van der Waals surface area contributed by atoms with Crippen molar-refractivity contribution in [2.75, 3.05) is 0 Å². The fourth-order valence-corrected chi connectivity index (χ4v) is 1.47. The summed E-state index contributed by atoms with van der Waals surface area (Å²) in [6, 6.07) is 1.45. The number of fused-ring (bicyclic) bond motifs is 1. The van der Waals surface area contributed by atoms with Crippen LogP contribution in [0.5, 0.6) is 0 Å². The Morgan fingerprint density at radius 1 is 1.00 bits per heavy atom. The van der Waals surface area contributed by atoms with Gasteiger partial charge < -0.3 is 0 Å². The molecule has 20 heavy (non-hydrogen) atoms. The van der Waals surface area contributed by atoms with E-state index in [4.69, 9.17) is 0 Å². The molecule has 0 saturated heterocycles. The number of halogens is 4. The van der Waals surface area contributed by atoms with E-state index in [1.165, 1.54) is 6.20 Å². The number of hydrogen-bond acceptors (Lipinski definition) is 2. The molecule has 0 aliphatic carbocycles. The summed E-state index contributed by atoms with van der Waals surface area (Å²) in [7, 11) is 0. The van der Waals surface area contributed by atoms with Crippen LogP contribution in [0.4, 0.5) is 17.6 Å². The third-order valence-corrected chi connectivity index (χ3v) is 2.21. The lowest BCUT2D eigenvalue weighted by Crippen LogP contribution is -2.08. The van der Waals surface area contributed by atoms with Crippen molar-refractivity contribution >= 4 is 10.9 Å². The van der Waals surface area contributed by atoms with Crippen LogP contribution in [0.2, 0.25) is 0 Å². The molecule has 6 heteroatoms. The quantitative estimate of drug-likeness (QED) is 0.627. The first-order valence-corrected chi connectivity index (χ1v) is 6.38. The molecule has 0 radical (unpaired) electrons. The lowest BCUT2D eigenvalue weighted by atomic mass is 10.1. The summed E-state index contributed by atoms with van der Waals surface area (Å²) in [4.78, 5) is 0. The molecule has 0 N–H and O–H groups in total. The summed E-state index contributed by atoms with van der Waals surface area (Å²) >= 11 is 0. The van der Waals surface area contributed by atoms with Crippen molar-refractivity contribution in [1.29, 1.82) is 0 Å². The maximum atomic E-state index is 13.1. The Hall–Kier alpha value is -1.72. The van der Waals surface area contributed by atoms with Gasteiger partial charge in [0, 0.05) is 5.39 Å². The van der Waals surface area contributed by atoms with Crippen LogP contribution in [-0.2, 0) is 6.18 Å². The standard InChI is InChI=1S/C10H6F4N2.2C2H6/c1-5-4-15-16-9-7(5)2-6(11)3-8(9)10(12,13)14;2*1-2/h2-4H,1H3;2*1-2H3. The second kappa shape index (κ2) is 7.77. The zero-order valence-corrected chi connectivity index (χ0v) is 12.1. The third-order valence-electron chi connectivity index (χ3n) is 2.21. The molecule has 0 unspecified atom stereocenters. The van der Waals surface area contributed by atoms with E-state index < -0.39 is 17.6 Å². The summed E-state index contributed by atoms with van der Waals surface area (Å²) in [6.07, 6.45) is -3.34. The van der Waals surface area contributed by atoms with Gasteiger partial charge in [0.15, 0.2) is 0 Å². The SMILES string of the molecule is CC.CC.Cc1cnnc2c(C(F)(F)F)cc(F)cc12. The molecule has 2 aromatic rings. The summed E-state index contributed by atoms with van der Waals surface area (Å²) in [5.74, 6) is -0.934. The molecule has 0 bridgehead atoms. The van der Waals surface area contributed by atoms with Crippen LogP contribution in [0, 0.1) is 12.7 Å². The highest BCUT2D eigenvalue weighted by Crippen LogP contribution is 2.34. The van der Waals surface area contributed by atoms with E-state index in [0.717, 1.165) is 6.07 Å². The Labute approximate surface area is 115 Å². The second-order valence-electron chi connectivity index (χ2n) is 3.37. The highest BCUT2D eigenvalue weighted by Gasteiger charge is 2.34. The first kappa shape index (κ1) is 18.3. The van der Waals surface area contributed by atoms with Crippen molar-refractivity contribution in [3.05, 3.63) is 35.3 Å². The minimum absolute atomic E-state index is 0.127. The Morgan fingerprint density at radius 3 is 2.05 bits per heavy atom. The highest BCUT2D eigenvalue weighted by molar-refractivity contribution is 5.84. The maximum Gasteiger partial charge on any atom is 0.418 e. The van der Waals surface area contributed by atoms with Gasteiger partial charge in [-0.1, -0.05) is 27.7 Å². The molecule has 0 spiro atoms. The van der Waals surface area contributed by atoms with Crippen LogP contribution in [0.1, 0.15) is 38.8 Å². The van der Waals surface area contributed by atoms with Gasteiger partial charge in [-0.25, -0.2) is 4.39 Å². The predicted molar refractivity (Wildman–Crippen MR) is 71.9 cm³/mol. The molecule has 0 aliphatic heterocycles. The number of hydrogen-bond donors (Lipinski definition) is 0. The number of rotatable bonds is 0. The maximum absolute atomic E-state index is 13.1. The van der Waals surface area contributed by atoms with Crippen LogP contribution in [0.25, 0.3) is 10.9 Å². The monoisotopic (exact) mass is 290 g/mol. The molecule has 0 aliphatic rings. The largest absolute Gasteiger partial charge is 0.418 e. The number of aryl methyl sites for hydroxylation is 1. The van der Waals surface area contributed by atoms with E-state index in [9.17, 15) is 17.6 Å². The summed E-state index contributed by atoms with van der Waals surface area (Å²) in [6.45, 7) is 9.55. The molecule has 1 heterocycles. The lowest BCUT2D eigenvalue weighted by molar-refractivity contribution is -0.136. The molecule has 1 aromatic carbocycles. The van der Waals surface area contributed by atoms with Gasteiger partial charge in [0.25, 0.3) is 0 Å².